The van der Waals surface area contributed by atoms with Gasteiger partial charge in [-0.1, -0.05) is 17.7 Å². The van der Waals surface area contributed by atoms with E-state index in [1.165, 1.54) is 0 Å². The summed E-state index contributed by atoms with van der Waals surface area (Å²) >= 11 is 8.16. The molecule has 19 heavy (non-hydrogen) atoms. The number of benzene rings is 1. The molecule has 1 aromatic carbocycles. The van der Waals surface area contributed by atoms with Crippen LogP contribution in [0.15, 0.2) is 27.8 Å². The van der Waals surface area contributed by atoms with E-state index in [2.05, 4.69) is 42.5 Å². The van der Waals surface area contributed by atoms with Crippen LogP contribution in [0.4, 0.5) is 0 Å². The molecular weight excluding hydrogens is 383 g/mol. The van der Waals surface area contributed by atoms with Gasteiger partial charge in [-0.15, -0.1) is 0 Å². The fourth-order valence-electron chi connectivity index (χ4n) is 1.71. The van der Waals surface area contributed by atoms with Gasteiger partial charge in [-0.3, -0.25) is 14.8 Å². The van der Waals surface area contributed by atoms with Crippen molar-refractivity contribution in [3.63, 3.8) is 0 Å². The SMILES string of the molecule is O=c1[nH]c(=O)c2[nH]c(-c3ccc(I)c(Cl)c3)nc2[nH]1. The van der Waals surface area contributed by atoms with Crippen molar-refractivity contribution in [3.05, 3.63) is 47.6 Å². The van der Waals surface area contributed by atoms with Crippen LogP contribution in [-0.2, 0) is 0 Å². The Morgan fingerprint density at radius 2 is 1.95 bits per heavy atom. The third-order valence-corrected chi connectivity index (χ3v) is 4.16. The van der Waals surface area contributed by atoms with Crippen LogP contribution in [0.2, 0.25) is 5.02 Å². The molecule has 3 N–H and O–H groups in total. The summed E-state index contributed by atoms with van der Waals surface area (Å²) in [6.45, 7) is 0. The number of halogens is 2. The number of nitrogens with one attached hydrogen (secondary N) is 3. The number of hydrogen-bond donors (Lipinski definition) is 3. The minimum Gasteiger partial charge on any atom is -0.332 e. The van der Waals surface area contributed by atoms with E-state index in [0.29, 0.717) is 10.8 Å². The average Bonchev–Trinajstić information content (AvgIpc) is 2.76. The molecule has 0 saturated heterocycles. The first-order valence-electron chi connectivity index (χ1n) is 5.22. The topological polar surface area (TPSA) is 94.4 Å². The fourth-order valence-corrected chi connectivity index (χ4v) is 2.23. The number of hydrogen-bond acceptors (Lipinski definition) is 3. The summed E-state index contributed by atoms with van der Waals surface area (Å²) in [5, 5.41) is 0.598. The van der Waals surface area contributed by atoms with Crippen LogP contribution in [0, 0.1) is 3.57 Å². The van der Waals surface area contributed by atoms with E-state index in [1.807, 2.05) is 12.1 Å². The van der Waals surface area contributed by atoms with Crippen LogP contribution in [-0.4, -0.2) is 19.9 Å². The predicted octanol–water partition coefficient (Wildman–Crippen LogP) is 1.86. The van der Waals surface area contributed by atoms with Crippen molar-refractivity contribution in [1.82, 2.24) is 19.9 Å². The minimum atomic E-state index is -0.587. The predicted molar refractivity (Wildman–Crippen MR) is 80.5 cm³/mol. The van der Waals surface area contributed by atoms with E-state index in [9.17, 15) is 9.59 Å². The zero-order valence-electron chi connectivity index (χ0n) is 9.25. The highest BCUT2D eigenvalue weighted by atomic mass is 127. The monoisotopic (exact) mass is 388 g/mol. The van der Waals surface area contributed by atoms with Gasteiger partial charge in [0.1, 0.15) is 11.3 Å². The van der Waals surface area contributed by atoms with Crippen LogP contribution < -0.4 is 11.2 Å². The highest BCUT2D eigenvalue weighted by Gasteiger charge is 2.10. The lowest BCUT2D eigenvalue weighted by Gasteiger charge is -1.99. The molecule has 0 spiro atoms. The van der Waals surface area contributed by atoms with E-state index >= 15 is 0 Å². The van der Waals surface area contributed by atoms with Crippen LogP contribution in [0.25, 0.3) is 22.6 Å². The summed E-state index contributed by atoms with van der Waals surface area (Å²) in [7, 11) is 0. The molecule has 0 bridgehead atoms. The quantitative estimate of drug-likeness (QED) is 0.556. The van der Waals surface area contributed by atoms with E-state index in [4.69, 9.17) is 11.6 Å². The number of nitrogens with zero attached hydrogens (tertiary/aromatic N) is 1. The maximum absolute atomic E-state index is 11.6. The second-order valence-electron chi connectivity index (χ2n) is 3.85. The maximum Gasteiger partial charge on any atom is 0.327 e. The van der Waals surface area contributed by atoms with E-state index in [0.717, 1.165) is 9.13 Å². The number of fused-ring (bicyclic) bond motifs is 1. The number of aromatic amines is 3. The van der Waals surface area contributed by atoms with Crippen molar-refractivity contribution in [3.8, 4) is 11.4 Å². The summed E-state index contributed by atoms with van der Waals surface area (Å²) in [5.74, 6) is 0.473. The molecule has 0 aliphatic heterocycles. The lowest BCUT2D eigenvalue weighted by molar-refractivity contribution is 1.07. The van der Waals surface area contributed by atoms with Crippen LogP contribution in [0.1, 0.15) is 0 Å². The van der Waals surface area contributed by atoms with Gasteiger partial charge in [0.05, 0.1) is 5.02 Å². The fraction of sp³-hybridized carbons (Fsp3) is 0. The van der Waals surface area contributed by atoms with Gasteiger partial charge in [0.15, 0.2) is 5.65 Å². The number of aromatic nitrogens is 4. The third kappa shape index (κ3) is 2.19. The van der Waals surface area contributed by atoms with Crippen molar-refractivity contribution in [2.24, 2.45) is 0 Å². The van der Waals surface area contributed by atoms with Crippen LogP contribution in [0.3, 0.4) is 0 Å². The van der Waals surface area contributed by atoms with Gasteiger partial charge in [-0.05, 0) is 34.7 Å². The molecule has 0 amide bonds. The van der Waals surface area contributed by atoms with Gasteiger partial charge in [0.25, 0.3) is 5.56 Å². The number of rotatable bonds is 1. The van der Waals surface area contributed by atoms with E-state index < -0.39 is 11.2 Å². The first kappa shape index (κ1) is 12.4. The van der Waals surface area contributed by atoms with E-state index in [-0.39, 0.29) is 11.2 Å². The molecule has 96 valence electrons. The van der Waals surface area contributed by atoms with Crippen molar-refractivity contribution in [1.29, 1.82) is 0 Å². The smallest absolute Gasteiger partial charge is 0.327 e. The molecule has 2 heterocycles. The largest absolute Gasteiger partial charge is 0.332 e. The highest BCUT2D eigenvalue weighted by molar-refractivity contribution is 14.1. The summed E-state index contributed by atoms with van der Waals surface area (Å²) in [5.41, 5.74) is 0.0925. The Balaban J connectivity index is 2.26. The Morgan fingerprint density at radius 3 is 2.68 bits per heavy atom. The zero-order valence-corrected chi connectivity index (χ0v) is 12.2. The second kappa shape index (κ2) is 4.49. The highest BCUT2D eigenvalue weighted by Crippen LogP contribution is 2.25. The number of H-pyrrole nitrogens is 3. The molecule has 0 atom stereocenters. The summed E-state index contributed by atoms with van der Waals surface area (Å²) < 4.78 is 0.922. The van der Waals surface area contributed by atoms with Gasteiger partial charge in [0.2, 0.25) is 0 Å². The standard InChI is InChI=1S/C11H6ClIN4O2/c12-5-3-4(1-2-6(5)13)8-14-7-9(15-8)16-11(19)17-10(7)18/h1-3H,(H3,14,15,16,17,18,19). The Hall–Kier alpha value is -1.61. The van der Waals surface area contributed by atoms with Gasteiger partial charge in [-0.25, -0.2) is 9.78 Å². The van der Waals surface area contributed by atoms with Gasteiger partial charge < -0.3 is 4.98 Å². The second-order valence-corrected chi connectivity index (χ2v) is 5.42. The van der Waals surface area contributed by atoms with Crippen molar-refractivity contribution < 1.29 is 0 Å². The van der Waals surface area contributed by atoms with Crippen LogP contribution >= 0.6 is 34.2 Å². The molecule has 2 aromatic heterocycles. The normalized spacial score (nSPS) is 11.1. The van der Waals surface area contributed by atoms with Crippen molar-refractivity contribution in [2.75, 3.05) is 0 Å². The maximum atomic E-state index is 11.6. The first-order valence-corrected chi connectivity index (χ1v) is 6.68. The Bertz CT molecular complexity index is 896. The molecular formula is C11H6ClIN4O2. The summed E-state index contributed by atoms with van der Waals surface area (Å²) in [4.78, 5) is 34.4. The van der Waals surface area contributed by atoms with Crippen molar-refractivity contribution in [2.45, 2.75) is 0 Å². The lowest BCUT2D eigenvalue weighted by Crippen LogP contribution is -2.21. The third-order valence-electron chi connectivity index (χ3n) is 2.58. The molecule has 0 aliphatic carbocycles. The molecule has 0 radical (unpaired) electrons. The lowest BCUT2D eigenvalue weighted by atomic mass is 10.2. The Labute approximate surface area is 124 Å². The van der Waals surface area contributed by atoms with Gasteiger partial charge in [0, 0.05) is 9.13 Å². The minimum absolute atomic E-state index is 0.221. The zero-order chi connectivity index (χ0) is 13.6. The Kier molecular flexibility index (Phi) is 2.94. The summed E-state index contributed by atoms with van der Waals surface area (Å²) in [6.07, 6.45) is 0. The van der Waals surface area contributed by atoms with Gasteiger partial charge >= 0.3 is 5.69 Å². The van der Waals surface area contributed by atoms with Gasteiger partial charge in [-0.2, -0.15) is 0 Å². The first-order chi connectivity index (χ1) is 9.04. The molecule has 3 rings (SSSR count). The average molecular weight is 389 g/mol. The van der Waals surface area contributed by atoms with Crippen LogP contribution in [0.5, 0.6) is 0 Å². The molecule has 0 fully saturated rings. The molecule has 0 aliphatic rings. The van der Waals surface area contributed by atoms with Crippen molar-refractivity contribution >= 4 is 45.4 Å². The molecule has 0 saturated carbocycles. The number of imidazole rings is 1. The summed E-state index contributed by atoms with van der Waals surface area (Å²) in [6, 6.07) is 5.42. The molecule has 6 nitrogen and oxygen atoms in total. The molecule has 3 aromatic rings. The molecule has 8 heteroatoms. The van der Waals surface area contributed by atoms with E-state index in [1.54, 1.807) is 6.07 Å². The Morgan fingerprint density at radius 1 is 1.16 bits per heavy atom. The molecule has 0 unspecified atom stereocenters.